The molecule has 4 atom stereocenters. The Bertz CT molecular complexity index is 532. The zero-order valence-corrected chi connectivity index (χ0v) is 15.4. The summed E-state index contributed by atoms with van der Waals surface area (Å²) in [5.41, 5.74) is 1.01. The van der Waals surface area contributed by atoms with Crippen LogP contribution in [0.1, 0.15) is 33.3 Å². The fourth-order valence-electron chi connectivity index (χ4n) is 2.75. The summed E-state index contributed by atoms with van der Waals surface area (Å²) in [4.78, 5) is 24.6. The molecule has 0 spiro atoms. The maximum Gasteiger partial charge on any atom is 0.313 e. The van der Waals surface area contributed by atoms with Crippen LogP contribution < -0.4 is 5.32 Å². The third kappa shape index (κ3) is 6.48. The molecular weight excluding hydrogens is 322 g/mol. The minimum Gasteiger partial charge on any atom is -0.466 e. The molecule has 4 unspecified atom stereocenters. The minimum atomic E-state index is -0.968. The first-order valence-corrected chi connectivity index (χ1v) is 8.70. The Morgan fingerprint density at radius 2 is 1.60 bits per heavy atom. The average molecular weight is 351 g/mol. The highest BCUT2D eigenvalue weighted by atomic mass is 16.5. The van der Waals surface area contributed by atoms with E-state index in [0.717, 1.165) is 5.56 Å². The van der Waals surface area contributed by atoms with Crippen LogP contribution in [0.15, 0.2) is 30.3 Å². The molecule has 25 heavy (non-hydrogen) atoms. The molecule has 0 radical (unpaired) electrons. The summed E-state index contributed by atoms with van der Waals surface area (Å²) < 4.78 is 10.2. The molecule has 0 heterocycles. The number of nitrogens with one attached hydrogen (secondary N) is 1. The van der Waals surface area contributed by atoms with Gasteiger partial charge in [-0.2, -0.15) is 0 Å². The number of aliphatic hydroxyl groups excluding tert-OH is 1. The van der Waals surface area contributed by atoms with Crippen LogP contribution >= 0.6 is 0 Å². The Kier molecular flexibility index (Phi) is 9.16. The van der Waals surface area contributed by atoms with Crippen LogP contribution in [-0.2, 0) is 25.6 Å². The summed E-state index contributed by atoms with van der Waals surface area (Å²) in [5, 5.41) is 13.4. The first-order valence-electron chi connectivity index (χ1n) is 8.70. The van der Waals surface area contributed by atoms with E-state index in [1.807, 2.05) is 30.3 Å². The number of ether oxygens (including phenoxy) is 2. The van der Waals surface area contributed by atoms with Crippen molar-refractivity contribution in [2.75, 3.05) is 13.2 Å². The van der Waals surface area contributed by atoms with Gasteiger partial charge in [-0.1, -0.05) is 37.3 Å². The Hall–Kier alpha value is -1.92. The molecule has 0 aliphatic carbocycles. The van der Waals surface area contributed by atoms with Crippen LogP contribution in [0.5, 0.6) is 0 Å². The molecule has 0 saturated carbocycles. The van der Waals surface area contributed by atoms with Gasteiger partial charge in [0.25, 0.3) is 0 Å². The van der Waals surface area contributed by atoms with E-state index in [-0.39, 0.29) is 13.2 Å². The monoisotopic (exact) mass is 351 g/mol. The number of benzene rings is 1. The van der Waals surface area contributed by atoms with Crippen molar-refractivity contribution in [1.82, 2.24) is 5.32 Å². The Morgan fingerprint density at radius 1 is 1.04 bits per heavy atom. The number of hydrogen-bond donors (Lipinski definition) is 2. The SMILES string of the molecule is CCOC(=O)C(C)C(NCc1ccccc1)C(C(=O)OCC)C(C)O. The van der Waals surface area contributed by atoms with Crippen molar-refractivity contribution in [3.63, 3.8) is 0 Å². The molecule has 0 saturated heterocycles. The molecule has 6 nitrogen and oxygen atoms in total. The second-order valence-corrected chi connectivity index (χ2v) is 5.95. The van der Waals surface area contributed by atoms with Crippen molar-refractivity contribution in [1.29, 1.82) is 0 Å². The minimum absolute atomic E-state index is 0.210. The highest BCUT2D eigenvalue weighted by Crippen LogP contribution is 2.21. The van der Waals surface area contributed by atoms with E-state index >= 15 is 0 Å². The highest BCUT2D eigenvalue weighted by molar-refractivity contribution is 5.78. The highest BCUT2D eigenvalue weighted by Gasteiger charge is 2.39. The van der Waals surface area contributed by atoms with E-state index in [2.05, 4.69) is 5.32 Å². The van der Waals surface area contributed by atoms with Gasteiger partial charge in [-0.05, 0) is 26.3 Å². The molecule has 2 N–H and O–H groups in total. The van der Waals surface area contributed by atoms with Gasteiger partial charge in [0.1, 0.15) is 0 Å². The lowest BCUT2D eigenvalue weighted by atomic mass is 9.85. The molecule has 0 amide bonds. The van der Waals surface area contributed by atoms with Gasteiger partial charge in [0.15, 0.2) is 0 Å². The largest absolute Gasteiger partial charge is 0.466 e. The quantitative estimate of drug-likeness (QED) is 0.626. The predicted molar refractivity (Wildman–Crippen MR) is 94.7 cm³/mol. The van der Waals surface area contributed by atoms with Crippen LogP contribution in [0.2, 0.25) is 0 Å². The Labute approximate surface area is 149 Å². The number of rotatable bonds is 10. The van der Waals surface area contributed by atoms with Gasteiger partial charge in [0.05, 0.1) is 31.2 Å². The second kappa shape index (κ2) is 10.8. The molecule has 1 aromatic carbocycles. The van der Waals surface area contributed by atoms with Crippen molar-refractivity contribution in [2.45, 2.75) is 46.4 Å². The lowest BCUT2D eigenvalue weighted by Gasteiger charge is -2.32. The summed E-state index contributed by atoms with van der Waals surface area (Å²) in [5.74, 6) is -2.43. The lowest BCUT2D eigenvalue weighted by molar-refractivity contribution is -0.157. The maximum absolute atomic E-state index is 12.3. The summed E-state index contributed by atoms with van der Waals surface area (Å²) >= 11 is 0. The molecule has 6 heteroatoms. The van der Waals surface area contributed by atoms with Gasteiger partial charge < -0.3 is 19.9 Å². The molecule has 1 aromatic rings. The fourth-order valence-corrected chi connectivity index (χ4v) is 2.75. The zero-order valence-electron chi connectivity index (χ0n) is 15.4. The van der Waals surface area contributed by atoms with Crippen molar-refractivity contribution >= 4 is 11.9 Å². The number of esters is 2. The van der Waals surface area contributed by atoms with Gasteiger partial charge in [0.2, 0.25) is 0 Å². The molecule has 0 fully saturated rings. The van der Waals surface area contributed by atoms with Crippen molar-refractivity contribution in [3.05, 3.63) is 35.9 Å². The van der Waals surface area contributed by atoms with E-state index in [1.165, 1.54) is 6.92 Å². The number of aliphatic hydroxyl groups is 1. The first kappa shape index (κ1) is 21.1. The third-order valence-corrected chi connectivity index (χ3v) is 4.05. The van der Waals surface area contributed by atoms with E-state index in [0.29, 0.717) is 6.54 Å². The van der Waals surface area contributed by atoms with E-state index < -0.39 is 35.9 Å². The van der Waals surface area contributed by atoms with Gasteiger partial charge in [0, 0.05) is 12.6 Å². The lowest BCUT2D eigenvalue weighted by Crippen LogP contribution is -2.51. The van der Waals surface area contributed by atoms with E-state index in [9.17, 15) is 14.7 Å². The first-order chi connectivity index (χ1) is 11.9. The normalized spacial score (nSPS) is 15.7. The summed E-state index contributed by atoms with van der Waals surface area (Å²) in [7, 11) is 0. The van der Waals surface area contributed by atoms with Crippen LogP contribution in [0, 0.1) is 11.8 Å². The number of carbonyl (C=O) groups excluding carboxylic acids is 2. The van der Waals surface area contributed by atoms with E-state index in [4.69, 9.17) is 9.47 Å². The molecule has 140 valence electrons. The number of hydrogen-bond acceptors (Lipinski definition) is 6. The van der Waals surface area contributed by atoms with E-state index in [1.54, 1.807) is 20.8 Å². The maximum atomic E-state index is 12.3. The van der Waals surface area contributed by atoms with Crippen LogP contribution in [0.3, 0.4) is 0 Å². The standard InChI is InChI=1S/C19H29NO5/c1-5-24-18(22)13(3)17(16(14(4)21)19(23)25-6-2)20-12-15-10-8-7-9-11-15/h7-11,13-14,16-17,20-21H,5-6,12H2,1-4H3. The zero-order chi connectivity index (χ0) is 18.8. The third-order valence-electron chi connectivity index (χ3n) is 4.05. The van der Waals surface area contributed by atoms with Gasteiger partial charge in [-0.25, -0.2) is 0 Å². The van der Waals surface area contributed by atoms with Gasteiger partial charge in [-0.15, -0.1) is 0 Å². The second-order valence-electron chi connectivity index (χ2n) is 5.95. The topological polar surface area (TPSA) is 84.9 Å². The summed E-state index contributed by atoms with van der Waals surface area (Å²) in [6.07, 6.45) is -0.968. The smallest absolute Gasteiger partial charge is 0.313 e. The van der Waals surface area contributed by atoms with Crippen molar-refractivity contribution in [3.8, 4) is 0 Å². The number of carbonyl (C=O) groups is 2. The van der Waals surface area contributed by atoms with Crippen molar-refractivity contribution in [2.24, 2.45) is 11.8 Å². The van der Waals surface area contributed by atoms with Gasteiger partial charge in [-0.3, -0.25) is 9.59 Å². The van der Waals surface area contributed by atoms with Crippen LogP contribution in [0.4, 0.5) is 0 Å². The summed E-state index contributed by atoms with van der Waals surface area (Å²) in [6, 6.07) is 9.02. The average Bonchev–Trinajstić information content (AvgIpc) is 2.58. The molecule has 1 rings (SSSR count). The van der Waals surface area contributed by atoms with Crippen molar-refractivity contribution < 1.29 is 24.2 Å². The molecule has 0 aliphatic rings. The fraction of sp³-hybridized carbons (Fsp3) is 0.579. The molecule has 0 bridgehead atoms. The Balaban J connectivity index is 3.02. The molecule has 0 aliphatic heterocycles. The molecular formula is C19H29NO5. The van der Waals surface area contributed by atoms with Crippen LogP contribution in [0.25, 0.3) is 0 Å². The molecule has 0 aromatic heterocycles. The van der Waals surface area contributed by atoms with Gasteiger partial charge >= 0.3 is 11.9 Å². The predicted octanol–water partition coefficient (Wildman–Crippen LogP) is 1.90. The Morgan fingerprint density at radius 3 is 2.12 bits per heavy atom. The summed E-state index contributed by atoms with van der Waals surface area (Å²) in [6.45, 7) is 7.57. The van der Waals surface area contributed by atoms with Crippen LogP contribution in [-0.4, -0.2) is 42.4 Å².